The number of morpholine rings is 1. The third-order valence-electron chi connectivity index (χ3n) is 5.20. The quantitative estimate of drug-likeness (QED) is 0.687. The topological polar surface area (TPSA) is 59.4 Å². The predicted octanol–water partition coefficient (Wildman–Crippen LogP) is 2.58. The molecule has 0 radical (unpaired) electrons. The highest BCUT2D eigenvalue weighted by molar-refractivity contribution is 5.77. The number of carbonyl (C=O) groups is 1. The van der Waals surface area contributed by atoms with Crippen molar-refractivity contribution in [3.05, 3.63) is 66.0 Å². The molecule has 1 amide bonds. The van der Waals surface area contributed by atoms with Gasteiger partial charge in [0.25, 0.3) is 0 Å². The zero-order chi connectivity index (χ0) is 19.2. The SMILES string of the molecule is O=C(CCn1cnc2ccccc21)NCc1ccccc1CN1CCOCC1. The molecular weight excluding hydrogens is 352 g/mol. The number of aryl methyl sites for hydroxylation is 1. The molecule has 3 aromatic rings. The third-order valence-corrected chi connectivity index (χ3v) is 5.20. The van der Waals surface area contributed by atoms with E-state index in [2.05, 4.69) is 33.4 Å². The molecule has 1 saturated heterocycles. The second kappa shape index (κ2) is 8.99. The number of hydrogen-bond donors (Lipinski definition) is 1. The van der Waals surface area contributed by atoms with E-state index in [1.54, 1.807) is 6.33 Å². The molecule has 4 rings (SSSR count). The minimum Gasteiger partial charge on any atom is -0.379 e. The first-order chi connectivity index (χ1) is 13.8. The van der Waals surface area contributed by atoms with Crippen molar-refractivity contribution in [2.45, 2.75) is 26.1 Å². The van der Waals surface area contributed by atoms with Crippen LogP contribution >= 0.6 is 0 Å². The molecule has 2 aromatic carbocycles. The van der Waals surface area contributed by atoms with E-state index in [0.717, 1.165) is 43.9 Å². The summed E-state index contributed by atoms with van der Waals surface area (Å²) in [4.78, 5) is 19.1. The summed E-state index contributed by atoms with van der Waals surface area (Å²) in [5.41, 5.74) is 4.46. The molecule has 2 heterocycles. The number of para-hydroxylation sites is 2. The minimum atomic E-state index is 0.0546. The second-order valence-corrected chi connectivity index (χ2v) is 7.11. The Balaban J connectivity index is 1.31. The standard InChI is InChI=1S/C22H26N4O2/c27-22(9-10-26-17-24-20-7-3-4-8-21(20)26)23-15-18-5-1-2-6-19(18)16-25-11-13-28-14-12-25/h1-8,17H,9-16H2,(H,23,27). The Morgan fingerprint density at radius 2 is 1.79 bits per heavy atom. The summed E-state index contributed by atoms with van der Waals surface area (Å²) in [6, 6.07) is 16.3. The van der Waals surface area contributed by atoms with Gasteiger partial charge >= 0.3 is 0 Å². The van der Waals surface area contributed by atoms with Crippen molar-refractivity contribution in [3.8, 4) is 0 Å². The largest absolute Gasteiger partial charge is 0.379 e. The molecule has 1 fully saturated rings. The number of fused-ring (bicyclic) bond motifs is 1. The van der Waals surface area contributed by atoms with Gasteiger partial charge in [0.1, 0.15) is 0 Å². The van der Waals surface area contributed by atoms with Gasteiger partial charge in [0.15, 0.2) is 0 Å². The minimum absolute atomic E-state index is 0.0546. The zero-order valence-electron chi connectivity index (χ0n) is 16.0. The highest BCUT2D eigenvalue weighted by Gasteiger charge is 2.13. The van der Waals surface area contributed by atoms with E-state index >= 15 is 0 Å². The predicted molar refractivity (Wildman–Crippen MR) is 109 cm³/mol. The molecule has 6 nitrogen and oxygen atoms in total. The number of carbonyl (C=O) groups excluding carboxylic acids is 1. The van der Waals surface area contributed by atoms with Crippen LogP contribution in [-0.2, 0) is 29.2 Å². The smallest absolute Gasteiger partial charge is 0.222 e. The Labute approximate surface area is 165 Å². The maximum Gasteiger partial charge on any atom is 0.222 e. The fraction of sp³-hybridized carbons (Fsp3) is 0.364. The molecule has 0 spiro atoms. The van der Waals surface area contributed by atoms with Gasteiger partial charge < -0.3 is 14.6 Å². The van der Waals surface area contributed by atoms with Gasteiger partial charge in [-0.15, -0.1) is 0 Å². The normalized spacial score (nSPS) is 15.0. The van der Waals surface area contributed by atoms with Gasteiger partial charge in [-0.05, 0) is 23.3 Å². The lowest BCUT2D eigenvalue weighted by Gasteiger charge is -2.27. The lowest BCUT2D eigenvalue weighted by Crippen LogP contribution is -2.36. The van der Waals surface area contributed by atoms with E-state index in [9.17, 15) is 4.79 Å². The van der Waals surface area contributed by atoms with Gasteiger partial charge in [-0.1, -0.05) is 36.4 Å². The fourth-order valence-corrected chi connectivity index (χ4v) is 3.58. The number of nitrogens with zero attached hydrogens (tertiary/aromatic N) is 3. The number of benzene rings is 2. The summed E-state index contributed by atoms with van der Waals surface area (Å²) < 4.78 is 7.45. The molecule has 1 N–H and O–H groups in total. The number of hydrogen-bond acceptors (Lipinski definition) is 4. The van der Waals surface area contributed by atoms with Crippen LogP contribution in [0.5, 0.6) is 0 Å². The molecule has 1 aromatic heterocycles. The average molecular weight is 378 g/mol. The van der Waals surface area contributed by atoms with E-state index in [-0.39, 0.29) is 5.91 Å². The van der Waals surface area contributed by atoms with Gasteiger partial charge in [-0.3, -0.25) is 9.69 Å². The average Bonchev–Trinajstić information content (AvgIpc) is 3.15. The third kappa shape index (κ3) is 4.58. The highest BCUT2D eigenvalue weighted by Crippen LogP contribution is 2.14. The first-order valence-electron chi connectivity index (χ1n) is 9.83. The van der Waals surface area contributed by atoms with Gasteiger partial charge in [0.2, 0.25) is 5.91 Å². The molecule has 28 heavy (non-hydrogen) atoms. The van der Waals surface area contributed by atoms with Gasteiger partial charge in [-0.2, -0.15) is 0 Å². The zero-order valence-corrected chi connectivity index (χ0v) is 16.0. The Hall–Kier alpha value is -2.70. The summed E-state index contributed by atoms with van der Waals surface area (Å²) in [5.74, 6) is 0.0546. The van der Waals surface area contributed by atoms with Crippen molar-refractivity contribution in [2.24, 2.45) is 0 Å². The van der Waals surface area contributed by atoms with Crippen molar-refractivity contribution in [3.63, 3.8) is 0 Å². The first-order valence-corrected chi connectivity index (χ1v) is 9.83. The number of nitrogens with one attached hydrogen (secondary N) is 1. The Morgan fingerprint density at radius 3 is 2.64 bits per heavy atom. The number of imidazole rings is 1. The summed E-state index contributed by atoms with van der Waals surface area (Å²) in [6.45, 7) is 5.59. The molecule has 0 unspecified atom stereocenters. The van der Waals surface area contributed by atoms with E-state index < -0.39 is 0 Å². The molecular formula is C22H26N4O2. The van der Waals surface area contributed by atoms with Crippen LogP contribution in [0.3, 0.4) is 0 Å². The van der Waals surface area contributed by atoms with Crippen LogP contribution in [0.15, 0.2) is 54.9 Å². The van der Waals surface area contributed by atoms with Crippen LogP contribution in [0.25, 0.3) is 11.0 Å². The molecule has 6 heteroatoms. The maximum atomic E-state index is 12.4. The molecule has 1 aliphatic rings. The van der Waals surface area contributed by atoms with Gasteiger partial charge in [0.05, 0.1) is 30.6 Å². The van der Waals surface area contributed by atoms with Gasteiger partial charge in [-0.25, -0.2) is 4.98 Å². The lowest BCUT2D eigenvalue weighted by molar-refractivity contribution is -0.121. The highest BCUT2D eigenvalue weighted by atomic mass is 16.5. The monoisotopic (exact) mass is 378 g/mol. The van der Waals surface area contributed by atoms with Crippen molar-refractivity contribution < 1.29 is 9.53 Å². The van der Waals surface area contributed by atoms with Crippen LogP contribution in [0.1, 0.15) is 17.5 Å². The molecule has 0 saturated carbocycles. The van der Waals surface area contributed by atoms with Crippen LogP contribution in [0, 0.1) is 0 Å². The van der Waals surface area contributed by atoms with E-state index in [1.807, 2.05) is 34.9 Å². The van der Waals surface area contributed by atoms with Crippen molar-refractivity contribution in [1.82, 2.24) is 19.8 Å². The van der Waals surface area contributed by atoms with E-state index in [0.29, 0.717) is 19.5 Å². The van der Waals surface area contributed by atoms with Crippen LogP contribution in [-0.4, -0.2) is 46.7 Å². The van der Waals surface area contributed by atoms with Crippen LogP contribution in [0.4, 0.5) is 0 Å². The Kier molecular flexibility index (Phi) is 5.99. The Morgan fingerprint density at radius 1 is 1.04 bits per heavy atom. The van der Waals surface area contributed by atoms with Crippen molar-refractivity contribution in [1.29, 1.82) is 0 Å². The first kappa shape index (κ1) is 18.7. The summed E-state index contributed by atoms with van der Waals surface area (Å²) in [5, 5.41) is 3.07. The number of ether oxygens (including phenoxy) is 1. The summed E-state index contributed by atoms with van der Waals surface area (Å²) in [6.07, 6.45) is 2.24. The summed E-state index contributed by atoms with van der Waals surface area (Å²) in [7, 11) is 0. The number of amides is 1. The molecule has 1 aliphatic heterocycles. The van der Waals surface area contributed by atoms with Crippen molar-refractivity contribution in [2.75, 3.05) is 26.3 Å². The van der Waals surface area contributed by atoms with E-state index in [1.165, 1.54) is 11.1 Å². The second-order valence-electron chi connectivity index (χ2n) is 7.11. The van der Waals surface area contributed by atoms with Crippen LogP contribution < -0.4 is 5.32 Å². The van der Waals surface area contributed by atoms with E-state index in [4.69, 9.17) is 4.74 Å². The molecule has 0 atom stereocenters. The number of aromatic nitrogens is 2. The summed E-state index contributed by atoms with van der Waals surface area (Å²) >= 11 is 0. The Bertz CT molecular complexity index is 931. The lowest BCUT2D eigenvalue weighted by atomic mass is 10.1. The fourth-order valence-electron chi connectivity index (χ4n) is 3.58. The van der Waals surface area contributed by atoms with Gasteiger partial charge in [0, 0.05) is 39.1 Å². The number of rotatable bonds is 7. The molecule has 146 valence electrons. The molecule has 0 bridgehead atoms. The van der Waals surface area contributed by atoms with Crippen LogP contribution in [0.2, 0.25) is 0 Å². The van der Waals surface area contributed by atoms with Crippen molar-refractivity contribution >= 4 is 16.9 Å². The maximum absolute atomic E-state index is 12.4. The molecule has 0 aliphatic carbocycles.